The van der Waals surface area contributed by atoms with E-state index in [0.717, 1.165) is 11.9 Å². The first-order chi connectivity index (χ1) is 14.6. The van der Waals surface area contributed by atoms with E-state index in [4.69, 9.17) is 10.2 Å². The molecule has 0 aliphatic heterocycles. The minimum Gasteiger partial charge on any atom is -0.507 e. The molecule has 166 valence electrons. The first-order valence-corrected chi connectivity index (χ1v) is 10.4. The Bertz CT molecular complexity index is 924. The van der Waals surface area contributed by atoms with Gasteiger partial charge in [0.2, 0.25) is 0 Å². The Kier molecular flexibility index (Phi) is 10.5. The van der Waals surface area contributed by atoms with Crippen molar-refractivity contribution in [3.8, 4) is 5.75 Å². The molecule has 0 aromatic heterocycles. The SMILES string of the molecule is CC1=C(/C=C/C(C)=C/C=C/C(C)=C/C=O)C(C)(C)CCC1.O=C(O)c1ccccc1O. The van der Waals surface area contributed by atoms with Crippen LogP contribution in [-0.2, 0) is 4.79 Å². The predicted octanol–water partition coefficient (Wildman–Crippen LogP) is 6.81. The van der Waals surface area contributed by atoms with Crippen molar-refractivity contribution >= 4 is 12.3 Å². The second-order valence-electron chi connectivity index (χ2n) is 8.40. The summed E-state index contributed by atoms with van der Waals surface area (Å²) in [7, 11) is 0. The lowest BCUT2D eigenvalue weighted by Crippen LogP contribution is -2.19. The molecule has 0 atom stereocenters. The molecular weight excluding hydrogens is 388 g/mol. The van der Waals surface area contributed by atoms with Crippen molar-refractivity contribution < 1.29 is 19.8 Å². The quantitative estimate of drug-likeness (QED) is 0.300. The van der Waals surface area contributed by atoms with Gasteiger partial charge in [0, 0.05) is 0 Å². The van der Waals surface area contributed by atoms with Crippen LogP contribution < -0.4 is 0 Å². The zero-order valence-electron chi connectivity index (χ0n) is 19.2. The maximum Gasteiger partial charge on any atom is 0.339 e. The molecule has 1 aliphatic carbocycles. The average molecular weight is 423 g/mol. The van der Waals surface area contributed by atoms with Gasteiger partial charge in [-0.3, -0.25) is 4.79 Å². The monoisotopic (exact) mass is 422 g/mol. The Hall–Kier alpha value is -3.14. The lowest BCUT2D eigenvalue weighted by Gasteiger charge is -2.32. The van der Waals surface area contributed by atoms with Crippen LogP contribution in [0.4, 0.5) is 0 Å². The smallest absolute Gasteiger partial charge is 0.339 e. The maximum absolute atomic E-state index is 10.3. The Morgan fingerprint density at radius 1 is 1.06 bits per heavy atom. The number of hydrogen-bond acceptors (Lipinski definition) is 3. The fraction of sp³-hybridized carbons (Fsp3) is 0.333. The number of carbonyl (C=O) groups excluding carboxylic acids is 1. The standard InChI is InChI=1S/C20H28O.C7H6O3/c1-16(8-6-9-17(2)13-15-21)11-12-19-18(3)10-7-14-20(19,4)5;8-6-4-2-1-3-5(6)7(9)10/h6,8-9,11-13,15H,7,10,14H2,1-5H3;1-4,8H,(H,9,10)/b9-6+,12-11+,16-8+,17-13+;. The van der Waals surface area contributed by atoms with Crippen molar-refractivity contribution in [2.45, 2.75) is 53.9 Å². The van der Waals surface area contributed by atoms with E-state index in [0.29, 0.717) is 0 Å². The van der Waals surface area contributed by atoms with Gasteiger partial charge in [0.1, 0.15) is 17.6 Å². The highest BCUT2D eigenvalue weighted by molar-refractivity contribution is 5.90. The van der Waals surface area contributed by atoms with Crippen LogP contribution >= 0.6 is 0 Å². The molecule has 31 heavy (non-hydrogen) atoms. The number of carboxylic acids is 1. The van der Waals surface area contributed by atoms with Crippen molar-refractivity contribution in [3.05, 3.63) is 88.6 Å². The largest absolute Gasteiger partial charge is 0.507 e. The van der Waals surface area contributed by atoms with E-state index in [1.54, 1.807) is 18.2 Å². The molecule has 4 nitrogen and oxygen atoms in total. The summed E-state index contributed by atoms with van der Waals surface area (Å²) in [5.74, 6) is -1.31. The fourth-order valence-corrected chi connectivity index (χ4v) is 3.45. The number of benzene rings is 1. The van der Waals surface area contributed by atoms with Gasteiger partial charge >= 0.3 is 5.97 Å². The second-order valence-corrected chi connectivity index (χ2v) is 8.40. The van der Waals surface area contributed by atoms with Crippen LogP contribution in [0.3, 0.4) is 0 Å². The molecule has 0 spiro atoms. The highest BCUT2D eigenvalue weighted by Gasteiger charge is 2.26. The van der Waals surface area contributed by atoms with E-state index in [9.17, 15) is 9.59 Å². The summed E-state index contributed by atoms with van der Waals surface area (Å²) in [6, 6.07) is 5.81. The number of phenols is 1. The zero-order valence-corrected chi connectivity index (χ0v) is 19.2. The first kappa shape index (κ1) is 25.9. The zero-order chi connectivity index (χ0) is 23.4. The molecule has 1 aliphatic rings. The van der Waals surface area contributed by atoms with Crippen molar-refractivity contribution in [2.75, 3.05) is 0 Å². The summed E-state index contributed by atoms with van der Waals surface area (Å²) in [5, 5.41) is 17.3. The van der Waals surface area contributed by atoms with Crippen molar-refractivity contribution in [1.29, 1.82) is 0 Å². The van der Waals surface area contributed by atoms with Crippen molar-refractivity contribution in [3.63, 3.8) is 0 Å². The molecular formula is C27H34O4. The number of para-hydroxylation sites is 1. The van der Waals surface area contributed by atoms with Gasteiger partial charge in [0.05, 0.1) is 0 Å². The summed E-state index contributed by atoms with van der Waals surface area (Å²) < 4.78 is 0. The average Bonchev–Trinajstić information content (AvgIpc) is 2.68. The molecule has 2 rings (SSSR count). The summed E-state index contributed by atoms with van der Waals surface area (Å²) >= 11 is 0. The molecule has 2 N–H and O–H groups in total. The minimum absolute atomic E-state index is 0.0671. The Labute approximate surface area is 186 Å². The number of hydrogen-bond donors (Lipinski definition) is 2. The second kappa shape index (κ2) is 12.5. The molecule has 0 amide bonds. The molecule has 0 radical (unpaired) electrons. The molecule has 1 aromatic rings. The molecule has 0 fully saturated rings. The van der Waals surface area contributed by atoms with Crippen LogP contribution in [0.25, 0.3) is 0 Å². The fourth-order valence-electron chi connectivity index (χ4n) is 3.45. The van der Waals surface area contributed by atoms with Crippen LogP contribution in [0, 0.1) is 5.41 Å². The van der Waals surface area contributed by atoms with Gasteiger partial charge in [-0.15, -0.1) is 0 Å². The third-order valence-electron chi connectivity index (χ3n) is 5.24. The molecule has 0 saturated carbocycles. The molecule has 0 bridgehead atoms. The third-order valence-corrected chi connectivity index (χ3v) is 5.24. The number of carbonyl (C=O) groups is 2. The van der Waals surface area contributed by atoms with E-state index in [1.807, 2.05) is 19.1 Å². The van der Waals surface area contributed by atoms with Gasteiger partial charge in [-0.25, -0.2) is 4.79 Å². The summed E-state index contributed by atoms with van der Waals surface area (Å²) in [5.41, 5.74) is 5.41. The number of aldehydes is 1. The number of rotatable bonds is 6. The first-order valence-electron chi connectivity index (χ1n) is 10.4. The lowest BCUT2D eigenvalue weighted by atomic mass is 9.72. The number of aromatic hydroxyl groups is 1. The Morgan fingerprint density at radius 3 is 2.26 bits per heavy atom. The topological polar surface area (TPSA) is 74.6 Å². The third kappa shape index (κ3) is 9.04. The van der Waals surface area contributed by atoms with Crippen molar-refractivity contribution in [2.24, 2.45) is 5.41 Å². The Morgan fingerprint density at radius 2 is 1.71 bits per heavy atom. The molecule has 0 heterocycles. The van der Waals surface area contributed by atoms with Gasteiger partial charge in [0.25, 0.3) is 0 Å². The number of carboxylic acid groups (broad SMARTS) is 1. The molecule has 4 heteroatoms. The molecule has 1 aromatic carbocycles. The van der Waals surface area contributed by atoms with Gasteiger partial charge in [-0.05, 0) is 74.8 Å². The van der Waals surface area contributed by atoms with E-state index in [2.05, 4.69) is 45.9 Å². The van der Waals surface area contributed by atoms with Gasteiger partial charge < -0.3 is 10.2 Å². The van der Waals surface area contributed by atoms with E-state index in [1.165, 1.54) is 48.1 Å². The van der Waals surface area contributed by atoms with Crippen LogP contribution in [0.5, 0.6) is 5.75 Å². The van der Waals surface area contributed by atoms with E-state index in [-0.39, 0.29) is 16.7 Å². The van der Waals surface area contributed by atoms with Crippen LogP contribution in [-0.4, -0.2) is 22.5 Å². The predicted molar refractivity (Wildman–Crippen MR) is 127 cm³/mol. The highest BCUT2D eigenvalue weighted by Crippen LogP contribution is 2.40. The highest BCUT2D eigenvalue weighted by atomic mass is 16.4. The van der Waals surface area contributed by atoms with Crippen molar-refractivity contribution in [1.82, 2.24) is 0 Å². The normalized spacial score (nSPS) is 16.9. The number of aromatic carboxylic acids is 1. The number of allylic oxidation sites excluding steroid dienone is 10. The summed E-state index contributed by atoms with van der Waals surface area (Å²) in [6.07, 6.45) is 16.6. The van der Waals surface area contributed by atoms with Gasteiger partial charge in [-0.2, -0.15) is 0 Å². The lowest BCUT2D eigenvalue weighted by molar-refractivity contribution is -0.104. The van der Waals surface area contributed by atoms with E-state index >= 15 is 0 Å². The van der Waals surface area contributed by atoms with Gasteiger partial charge in [-0.1, -0.05) is 67.5 Å². The maximum atomic E-state index is 10.3. The Balaban J connectivity index is 0.000000399. The summed E-state index contributed by atoms with van der Waals surface area (Å²) in [6.45, 7) is 10.9. The van der Waals surface area contributed by atoms with Crippen LogP contribution in [0.2, 0.25) is 0 Å². The minimum atomic E-state index is -1.11. The van der Waals surface area contributed by atoms with Crippen LogP contribution in [0.15, 0.2) is 83.0 Å². The molecule has 0 unspecified atom stereocenters. The van der Waals surface area contributed by atoms with E-state index < -0.39 is 5.97 Å². The molecule has 0 saturated heterocycles. The van der Waals surface area contributed by atoms with Crippen LogP contribution in [0.1, 0.15) is 64.2 Å². The van der Waals surface area contributed by atoms with Gasteiger partial charge in [0.15, 0.2) is 0 Å². The summed E-state index contributed by atoms with van der Waals surface area (Å²) in [4.78, 5) is 20.6.